The fourth-order valence-corrected chi connectivity index (χ4v) is 3.30. The molecule has 0 unspecified atom stereocenters. The van der Waals surface area contributed by atoms with Gasteiger partial charge in [0.25, 0.3) is 0 Å². The van der Waals surface area contributed by atoms with Crippen molar-refractivity contribution in [3.63, 3.8) is 0 Å². The molecule has 0 radical (unpaired) electrons. The summed E-state index contributed by atoms with van der Waals surface area (Å²) in [7, 11) is 0. The minimum absolute atomic E-state index is 0.746. The zero-order chi connectivity index (χ0) is 15.4. The molecule has 2 aromatic heterocycles. The van der Waals surface area contributed by atoms with Gasteiger partial charge in [-0.05, 0) is 36.2 Å². The number of halogens is 1. The maximum atomic E-state index is 6.02. The summed E-state index contributed by atoms with van der Waals surface area (Å²) in [5.74, 6) is 2.33. The molecule has 4 nitrogen and oxygen atoms in total. The lowest BCUT2D eigenvalue weighted by Crippen LogP contribution is -2.01. The number of furan rings is 1. The van der Waals surface area contributed by atoms with Crippen molar-refractivity contribution in [3.8, 4) is 11.6 Å². The maximum absolute atomic E-state index is 6.02. The summed E-state index contributed by atoms with van der Waals surface area (Å²) in [4.78, 5) is 0. The van der Waals surface area contributed by atoms with Crippen molar-refractivity contribution in [2.75, 3.05) is 0 Å². The van der Waals surface area contributed by atoms with E-state index in [0.717, 1.165) is 40.5 Å². The van der Waals surface area contributed by atoms with Crippen molar-refractivity contribution in [3.05, 3.63) is 53.2 Å². The van der Waals surface area contributed by atoms with Crippen LogP contribution in [0.25, 0.3) is 11.6 Å². The first-order valence-electron chi connectivity index (χ1n) is 7.12. The molecule has 0 aliphatic carbocycles. The highest BCUT2D eigenvalue weighted by atomic mass is 35.5. The Kier molecular flexibility index (Phi) is 4.85. The second-order valence-electron chi connectivity index (χ2n) is 4.85. The predicted molar refractivity (Wildman–Crippen MR) is 89.0 cm³/mol. The van der Waals surface area contributed by atoms with Gasteiger partial charge in [-0.1, -0.05) is 42.4 Å². The van der Waals surface area contributed by atoms with Crippen LogP contribution in [0.2, 0.25) is 5.02 Å². The van der Waals surface area contributed by atoms with Gasteiger partial charge >= 0.3 is 0 Å². The van der Waals surface area contributed by atoms with Crippen molar-refractivity contribution in [2.45, 2.75) is 30.8 Å². The van der Waals surface area contributed by atoms with Crippen LogP contribution in [-0.2, 0) is 12.3 Å². The average molecular weight is 334 g/mol. The summed E-state index contributed by atoms with van der Waals surface area (Å²) in [6, 6.07) is 11.6. The highest BCUT2D eigenvalue weighted by Gasteiger charge is 2.15. The Morgan fingerprint density at radius 3 is 2.86 bits per heavy atom. The molecule has 2 heterocycles. The average Bonchev–Trinajstić information content (AvgIpc) is 3.15. The maximum Gasteiger partial charge on any atom is 0.200 e. The van der Waals surface area contributed by atoms with Gasteiger partial charge < -0.3 is 4.42 Å². The minimum Gasteiger partial charge on any atom is -0.461 e. The first-order valence-corrected chi connectivity index (χ1v) is 8.48. The summed E-state index contributed by atoms with van der Waals surface area (Å²) in [5, 5.41) is 10.2. The third-order valence-electron chi connectivity index (χ3n) is 3.16. The van der Waals surface area contributed by atoms with Crippen LogP contribution in [0.3, 0.4) is 0 Å². The van der Waals surface area contributed by atoms with Gasteiger partial charge in [-0.15, -0.1) is 10.2 Å². The number of hydrogen-bond donors (Lipinski definition) is 0. The standard InChI is InChI=1S/C16H16ClN3OS/c1-2-8-20-15(14-7-4-9-21-14)18-19-16(20)22-11-12-5-3-6-13(17)10-12/h3-7,9-10H,2,8,11H2,1H3. The van der Waals surface area contributed by atoms with Gasteiger partial charge in [-0.25, -0.2) is 0 Å². The zero-order valence-corrected chi connectivity index (χ0v) is 13.8. The topological polar surface area (TPSA) is 43.9 Å². The van der Waals surface area contributed by atoms with E-state index in [0.29, 0.717) is 0 Å². The predicted octanol–water partition coefficient (Wildman–Crippen LogP) is 4.89. The number of nitrogens with zero attached hydrogens (tertiary/aromatic N) is 3. The van der Waals surface area contributed by atoms with Crippen LogP contribution in [0.15, 0.2) is 52.2 Å². The number of benzene rings is 1. The Morgan fingerprint density at radius 1 is 1.23 bits per heavy atom. The normalized spacial score (nSPS) is 11.0. The van der Waals surface area contributed by atoms with Crippen molar-refractivity contribution in [1.82, 2.24) is 14.8 Å². The lowest BCUT2D eigenvalue weighted by Gasteiger charge is -2.07. The van der Waals surface area contributed by atoms with Crippen LogP contribution < -0.4 is 0 Å². The van der Waals surface area contributed by atoms with E-state index >= 15 is 0 Å². The second-order valence-corrected chi connectivity index (χ2v) is 6.23. The molecular weight excluding hydrogens is 318 g/mol. The molecule has 0 bridgehead atoms. The number of rotatable bonds is 6. The third kappa shape index (κ3) is 3.36. The van der Waals surface area contributed by atoms with Gasteiger partial charge in [-0.2, -0.15) is 0 Å². The molecule has 114 valence electrons. The van der Waals surface area contributed by atoms with Gasteiger partial charge in [0.1, 0.15) is 0 Å². The van der Waals surface area contributed by atoms with E-state index in [2.05, 4.69) is 27.8 Å². The Morgan fingerprint density at radius 2 is 2.14 bits per heavy atom. The molecule has 22 heavy (non-hydrogen) atoms. The van der Waals surface area contributed by atoms with Crippen LogP contribution in [-0.4, -0.2) is 14.8 Å². The van der Waals surface area contributed by atoms with Gasteiger partial charge in [-0.3, -0.25) is 4.57 Å². The second kappa shape index (κ2) is 7.03. The number of aromatic nitrogens is 3. The number of hydrogen-bond acceptors (Lipinski definition) is 4. The molecule has 3 aromatic rings. The highest BCUT2D eigenvalue weighted by Crippen LogP contribution is 2.27. The monoisotopic (exact) mass is 333 g/mol. The first-order chi connectivity index (χ1) is 10.8. The van der Waals surface area contributed by atoms with E-state index in [9.17, 15) is 0 Å². The molecule has 0 aliphatic rings. The van der Waals surface area contributed by atoms with Crippen LogP contribution >= 0.6 is 23.4 Å². The highest BCUT2D eigenvalue weighted by molar-refractivity contribution is 7.98. The van der Waals surface area contributed by atoms with Gasteiger partial charge in [0.05, 0.1) is 6.26 Å². The summed E-state index contributed by atoms with van der Waals surface area (Å²) < 4.78 is 7.55. The Labute approximate surface area is 138 Å². The summed E-state index contributed by atoms with van der Waals surface area (Å²) in [6.07, 6.45) is 2.66. The van der Waals surface area contributed by atoms with Gasteiger partial charge in [0.15, 0.2) is 16.7 Å². The van der Waals surface area contributed by atoms with Crippen molar-refractivity contribution >= 4 is 23.4 Å². The molecule has 0 fully saturated rings. The molecule has 0 atom stereocenters. The van der Waals surface area contributed by atoms with Gasteiger partial charge in [0, 0.05) is 17.3 Å². The number of thioether (sulfide) groups is 1. The molecule has 6 heteroatoms. The molecule has 0 spiro atoms. The van der Waals surface area contributed by atoms with Crippen LogP contribution in [0.5, 0.6) is 0 Å². The van der Waals surface area contributed by atoms with Crippen LogP contribution in [0.1, 0.15) is 18.9 Å². The van der Waals surface area contributed by atoms with Crippen LogP contribution in [0.4, 0.5) is 0 Å². The largest absolute Gasteiger partial charge is 0.461 e. The molecule has 1 aromatic carbocycles. The lowest BCUT2D eigenvalue weighted by molar-refractivity contribution is 0.559. The SMILES string of the molecule is CCCn1c(SCc2cccc(Cl)c2)nnc1-c1ccco1. The molecule has 0 amide bonds. The van der Waals surface area contributed by atoms with E-state index in [-0.39, 0.29) is 0 Å². The Bertz CT molecular complexity index is 740. The van der Waals surface area contributed by atoms with Crippen molar-refractivity contribution in [2.24, 2.45) is 0 Å². The molecule has 0 saturated carbocycles. The van der Waals surface area contributed by atoms with E-state index in [1.54, 1.807) is 18.0 Å². The molecule has 0 aliphatic heterocycles. The zero-order valence-electron chi connectivity index (χ0n) is 12.2. The molecule has 0 saturated heterocycles. The fraction of sp³-hybridized carbons (Fsp3) is 0.250. The Balaban J connectivity index is 1.81. The molecule has 3 rings (SSSR count). The van der Waals surface area contributed by atoms with E-state index in [1.165, 1.54) is 5.56 Å². The Hall–Kier alpha value is -1.72. The summed E-state index contributed by atoms with van der Waals surface area (Å²) >= 11 is 7.68. The molecular formula is C16H16ClN3OS. The van der Waals surface area contributed by atoms with Crippen LogP contribution in [0, 0.1) is 0 Å². The first kappa shape index (κ1) is 15.2. The third-order valence-corrected chi connectivity index (χ3v) is 4.44. The van der Waals surface area contributed by atoms with Crippen molar-refractivity contribution < 1.29 is 4.42 Å². The quantitative estimate of drug-likeness (QED) is 0.602. The fourth-order valence-electron chi connectivity index (χ4n) is 2.18. The van der Waals surface area contributed by atoms with E-state index < -0.39 is 0 Å². The minimum atomic E-state index is 0.746. The van der Waals surface area contributed by atoms with E-state index in [4.69, 9.17) is 16.0 Å². The van der Waals surface area contributed by atoms with E-state index in [1.807, 2.05) is 30.3 Å². The van der Waals surface area contributed by atoms with Crippen molar-refractivity contribution in [1.29, 1.82) is 0 Å². The summed E-state index contributed by atoms with van der Waals surface area (Å²) in [6.45, 7) is 3.00. The lowest BCUT2D eigenvalue weighted by atomic mass is 10.2. The smallest absolute Gasteiger partial charge is 0.200 e. The summed E-state index contributed by atoms with van der Waals surface area (Å²) in [5.41, 5.74) is 1.17. The molecule has 0 N–H and O–H groups in total. The van der Waals surface area contributed by atoms with Gasteiger partial charge in [0.2, 0.25) is 0 Å².